The monoisotopic (exact) mass is 365 g/mol. The van der Waals surface area contributed by atoms with Crippen molar-refractivity contribution in [2.75, 3.05) is 16.0 Å². The van der Waals surface area contributed by atoms with Gasteiger partial charge in [-0.1, -0.05) is 0 Å². The third-order valence-corrected chi connectivity index (χ3v) is 3.65. The van der Waals surface area contributed by atoms with E-state index in [1.165, 1.54) is 0 Å². The van der Waals surface area contributed by atoms with Gasteiger partial charge in [0, 0.05) is 30.9 Å². The molecule has 2 amide bonds. The molecule has 0 aliphatic carbocycles. The predicted molar refractivity (Wildman–Crippen MR) is 88.0 cm³/mol. The molecule has 3 rings (SSSR count). The third kappa shape index (κ3) is 3.90. The molecule has 3 N–H and O–H groups in total. The zero-order valence-electron chi connectivity index (χ0n) is 13.6. The maximum absolute atomic E-state index is 13.0. The minimum atomic E-state index is -4.69. The van der Waals surface area contributed by atoms with Crippen molar-refractivity contribution >= 4 is 35.0 Å². The molecule has 10 heteroatoms. The number of halogens is 3. The molecule has 0 fully saturated rings. The van der Waals surface area contributed by atoms with Crippen molar-refractivity contribution in [3.05, 3.63) is 35.5 Å². The number of rotatable bonds is 3. The number of carbonyl (C=O) groups excluding carboxylic acids is 2. The van der Waals surface area contributed by atoms with Crippen LogP contribution in [0.3, 0.4) is 0 Å². The molecule has 2 aromatic rings. The highest BCUT2D eigenvalue weighted by Crippen LogP contribution is 2.34. The smallest absolute Gasteiger partial charge is 0.326 e. The van der Waals surface area contributed by atoms with Crippen LogP contribution in [0.1, 0.15) is 24.5 Å². The molecule has 0 unspecified atom stereocenters. The van der Waals surface area contributed by atoms with Crippen molar-refractivity contribution in [2.45, 2.75) is 25.9 Å². The van der Waals surface area contributed by atoms with Crippen molar-refractivity contribution in [3.63, 3.8) is 0 Å². The summed E-state index contributed by atoms with van der Waals surface area (Å²) in [5, 5.41) is 7.60. The number of fused-ring (bicyclic) bond motifs is 1. The van der Waals surface area contributed by atoms with Gasteiger partial charge in [-0.2, -0.15) is 18.2 Å². The molecule has 0 saturated carbocycles. The lowest BCUT2D eigenvalue weighted by Gasteiger charge is -2.18. The number of nitrogens with zero attached hydrogens (tertiary/aromatic N) is 2. The van der Waals surface area contributed by atoms with Gasteiger partial charge in [0.1, 0.15) is 5.56 Å². The minimum Gasteiger partial charge on any atom is -0.326 e. The molecule has 0 atom stereocenters. The number of aryl methyl sites for hydroxylation is 1. The summed E-state index contributed by atoms with van der Waals surface area (Å²) >= 11 is 0. The summed E-state index contributed by atoms with van der Waals surface area (Å²) in [5.41, 5.74) is 1.00. The fourth-order valence-corrected chi connectivity index (χ4v) is 2.50. The normalized spacial score (nSPS) is 13.6. The predicted octanol–water partition coefficient (Wildman–Crippen LogP) is 3.08. The molecule has 1 aliphatic heterocycles. The molecular weight excluding hydrogens is 351 g/mol. The summed E-state index contributed by atoms with van der Waals surface area (Å²) in [4.78, 5) is 29.9. The Kier molecular flexibility index (Phi) is 4.49. The summed E-state index contributed by atoms with van der Waals surface area (Å²) < 4.78 is 39.0. The first-order valence-electron chi connectivity index (χ1n) is 7.64. The van der Waals surface area contributed by atoms with Gasteiger partial charge < -0.3 is 16.0 Å². The molecule has 0 saturated heterocycles. The Bertz CT molecular complexity index is 883. The van der Waals surface area contributed by atoms with Gasteiger partial charge in [0.2, 0.25) is 17.8 Å². The summed E-state index contributed by atoms with van der Waals surface area (Å²) in [6.07, 6.45) is -3.17. The van der Waals surface area contributed by atoms with Gasteiger partial charge in [-0.15, -0.1) is 0 Å². The molecule has 136 valence electrons. The van der Waals surface area contributed by atoms with Gasteiger partial charge >= 0.3 is 6.18 Å². The third-order valence-electron chi connectivity index (χ3n) is 3.65. The molecule has 1 aromatic heterocycles. The molecule has 7 nitrogen and oxygen atoms in total. The van der Waals surface area contributed by atoms with Crippen molar-refractivity contribution in [1.29, 1.82) is 0 Å². The summed E-state index contributed by atoms with van der Waals surface area (Å²) in [5.74, 6) is -1.46. The number of aromatic nitrogens is 2. The van der Waals surface area contributed by atoms with Crippen molar-refractivity contribution < 1.29 is 22.8 Å². The van der Waals surface area contributed by atoms with Crippen LogP contribution < -0.4 is 16.0 Å². The van der Waals surface area contributed by atoms with Crippen LogP contribution in [0.25, 0.3) is 0 Å². The number of hydrogen-bond acceptors (Lipinski definition) is 5. The van der Waals surface area contributed by atoms with Crippen molar-refractivity contribution in [3.8, 4) is 0 Å². The minimum absolute atomic E-state index is 0.0655. The van der Waals surface area contributed by atoms with E-state index in [4.69, 9.17) is 0 Å². The Hall–Kier alpha value is -3.17. The molecule has 0 bridgehead atoms. The van der Waals surface area contributed by atoms with E-state index in [0.29, 0.717) is 30.4 Å². The van der Waals surface area contributed by atoms with E-state index in [9.17, 15) is 22.8 Å². The lowest BCUT2D eigenvalue weighted by molar-refractivity contribution is -0.137. The van der Waals surface area contributed by atoms with E-state index in [0.717, 1.165) is 12.5 Å². The molecule has 0 spiro atoms. The number of amides is 2. The van der Waals surface area contributed by atoms with E-state index in [2.05, 4.69) is 25.9 Å². The van der Waals surface area contributed by atoms with Gasteiger partial charge in [-0.25, -0.2) is 4.98 Å². The Morgan fingerprint density at radius 1 is 1.27 bits per heavy atom. The number of carbonyl (C=O) groups is 2. The fraction of sp³-hybridized carbons (Fsp3) is 0.250. The lowest BCUT2D eigenvalue weighted by Crippen LogP contribution is -2.19. The number of anilines is 4. The van der Waals surface area contributed by atoms with E-state index in [1.807, 2.05) is 0 Å². The van der Waals surface area contributed by atoms with E-state index in [1.54, 1.807) is 18.2 Å². The van der Waals surface area contributed by atoms with Crippen LogP contribution in [0.4, 0.5) is 36.3 Å². The van der Waals surface area contributed by atoms with E-state index < -0.39 is 23.5 Å². The van der Waals surface area contributed by atoms with Crippen LogP contribution in [0.5, 0.6) is 0 Å². The van der Waals surface area contributed by atoms with Crippen LogP contribution in [0, 0.1) is 0 Å². The Morgan fingerprint density at radius 2 is 2.04 bits per heavy atom. The first kappa shape index (κ1) is 17.6. The van der Waals surface area contributed by atoms with Gasteiger partial charge in [0.15, 0.2) is 5.82 Å². The van der Waals surface area contributed by atoms with Crippen molar-refractivity contribution in [1.82, 2.24) is 9.97 Å². The topological polar surface area (TPSA) is 96.0 Å². The van der Waals surface area contributed by atoms with Crippen LogP contribution in [0.2, 0.25) is 0 Å². The van der Waals surface area contributed by atoms with Gasteiger partial charge in [0.05, 0.1) is 0 Å². The lowest BCUT2D eigenvalue weighted by atomic mass is 10.0. The Morgan fingerprint density at radius 3 is 2.73 bits per heavy atom. The fourth-order valence-electron chi connectivity index (χ4n) is 2.50. The van der Waals surface area contributed by atoms with Crippen LogP contribution in [-0.4, -0.2) is 21.8 Å². The summed E-state index contributed by atoms with van der Waals surface area (Å²) in [6, 6.07) is 5.09. The quantitative estimate of drug-likeness (QED) is 0.777. The standard InChI is InChI=1S/C16H14F3N5O2/c1-8(25)21-14-11(16(17,18)19)7-20-15(24-14)22-10-3-4-12-9(6-10)2-5-13(26)23-12/h3-4,6-7H,2,5H2,1H3,(H,23,26)(H2,20,21,22,24,25). The van der Waals surface area contributed by atoms with Gasteiger partial charge in [0.25, 0.3) is 0 Å². The second-order valence-electron chi connectivity index (χ2n) is 5.68. The number of alkyl halides is 3. The average molecular weight is 365 g/mol. The molecule has 1 aliphatic rings. The van der Waals surface area contributed by atoms with E-state index in [-0.39, 0.29) is 11.9 Å². The summed E-state index contributed by atoms with van der Waals surface area (Å²) in [6.45, 7) is 1.09. The number of benzene rings is 1. The van der Waals surface area contributed by atoms with Gasteiger partial charge in [-0.3, -0.25) is 9.59 Å². The Balaban J connectivity index is 1.88. The highest BCUT2D eigenvalue weighted by atomic mass is 19.4. The van der Waals surface area contributed by atoms with Crippen LogP contribution in [-0.2, 0) is 22.2 Å². The SMILES string of the molecule is CC(=O)Nc1nc(Nc2ccc3c(c2)CCC(=O)N3)ncc1C(F)(F)F. The number of nitrogens with one attached hydrogen (secondary N) is 3. The first-order valence-corrected chi connectivity index (χ1v) is 7.64. The molecule has 2 heterocycles. The maximum atomic E-state index is 13.0. The zero-order valence-corrected chi connectivity index (χ0v) is 13.6. The average Bonchev–Trinajstić information content (AvgIpc) is 2.53. The zero-order chi connectivity index (χ0) is 18.9. The second-order valence-corrected chi connectivity index (χ2v) is 5.68. The van der Waals surface area contributed by atoms with Crippen molar-refractivity contribution in [2.24, 2.45) is 0 Å². The maximum Gasteiger partial charge on any atom is 0.421 e. The molecule has 0 radical (unpaired) electrons. The Labute approximate surface area is 146 Å². The highest BCUT2D eigenvalue weighted by Gasteiger charge is 2.35. The van der Waals surface area contributed by atoms with Crippen LogP contribution in [0.15, 0.2) is 24.4 Å². The number of hydrogen-bond donors (Lipinski definition) is 3. The largest absolute Gasteiger partial charge is 0.421 e. The highest BCUT2D eigenvalue weighted by molar-refractivity contribution is 5.94. The second kappa shape index (κ2) is 6.62. The molecule has 1 aromatic carbocycles. The first-order chi connectivity index (χ1) is 12.2. The molecule has 26 heavy (non-hydrogen) atoms. The van der Waals surface area contributed by atoms with Gasteiger partial charge in [-0.05, 0) is 30.2 Å². The molecular formula is C16H14F3N5O2. The summed E-state index contributed by atoms with van der Waals surface area (Å²) in [7, 11) is 0. The van der Waals surface area contributed by atoms with Crippen LogP contribution >= 0.6 is 0 Å². The van der Waals surface area contributed by atoms with E-state index >= 15 is 0 Å².